The molecule has 4 aromatic rings. The van der Waals surface area contributed by atoms with Crippen molar-refractivity contribution in [2.45, 2.75) is 20.5 Å². The van der Waals surface area contributed by atoms with Gasteiger partial charge in [0, 0.05) is 16.3 Å². The molecule has 0 aliphatic rings. The second kappa shape index (κ2) is 10.2. The number of rotatable bonds is 6. The largest absolute Gasteiger partial charge is 0.488 e. The third-order valence-electron chi connectivity index (χ3n) is 5.66. The van der Waals surface area contributed by atoms with E-state index in [0.717, 1.165) is 27.5 Å². The van der Waals surface area contributed by atoms with E-state index in [1.54, 1.807) is 6.08 Å². The number of anilines is 1. The van der Waals surface area contributed by atoms with Crippen LogP contribution in [0.15, 0.2) is 84.4 Å². The first-order chi connectivity index (χ1) is 16.4. The number of nitrogens with zero attached hydrogens (tertiary/aromatic N) is 1. The van der Waals surface area contributed by atoms with Crippen LogP contribution in [0, 0.1) is 25.2 Å². The highest BCUT2D eigenvalue weighted by Crippen LogP contribution is 2.31. The molecule has 0 aliphatic heterocycles. The number of ether oxygens (including phenoxy) is 1. The van der Waals surface area contributed by atoms with Gasteiger partial charge in [0.15, 0.2) is 0 Å². The third-order valence-corrected chi connectivity index (χ3v) is 5.91. The van der Waals surface area contributed by atoms with E-state index in [2.05, 4.69) is 5.32 Å². The molecule has 0 heterocycles. The fourth-order valence-corrected chi connectivity index (χ4v) is 3.73. The van der Waals surface area contributed by atoms with Gasteiger partial charge in [-0.25, -0.2) is 0 Å². The number of fused-ring (bicyclic) bond motifs is 1. The van der Waals surface area contributed by atoms with Gasteiger partial charge in [0.05, 0.1) is 0 Å². The summed E-state index contributed by atoms with van der Waals surface area (Å²) in [4.78, 5) is 12.9. The quantitative estimate of drug-likeness (QED) is 0.241. The summed E-state index contributed by atoms with van der Waals surface area (Å²) in [6, 6.07) is 26.8. The zero-order valence-electron chi connectivity index (χ0n) is 18.9. The molecule has 1 N–H and O–H groups in total. The van der Waals surface area contributed by atoms with E-state index in [1.807, 2.05) is 98.8 Å². The molecule has 0 aliphatic carbocycles. The lowest BCUT2D eigenvalue weighted by Gasteiger charge is -2.13. The molecule has 34 heavy (non-hydrogen) atoms. The molecule has 0 unspecified atom stereocenters. The zero-order valence-corrected chi connectivity index (χ0v) is 19.7. The van der Waals surface area contributed by atoms with Crippen molar-refractivity contribution >= 4 is 40.0 Å². The first kappa shape index (κ1) is 23.1. The molecular weight excluding hydrogens is 444 g/mol. The van der Waals surface area contributed by atoms with Crippen LogP contribution < -0.4 is 10.1 Å². The SMILES string of the molecule is Cc1ccc(NC(=O)/C(C#N)=C/c2c(OCc3ccc(Cl)cc3)ccc3ccccc23)cc1C. The minimum atomic E-state index is -0.470. The lowest BCUT2D eigenvalue weighted by molar-refractivity contribution is -0.112. The molecule has 0 bridgehead atoms. The number of nitriles is 1. The summed E-state index contributed by atoms with van der Waals surface area (Å²) >= 11 is 5.98. The van der Waals surface area contributed by atoms with Gasteiger partial charge >= 0.3 is 0 Å². The zero-order chi connectivity index (χ0) is 24.1. The highest BCUT2D eigenvalue weighted by atomic mass is 35.5. The number of aryl methyl sites for hydroxylation is 2. The molecule has 168 valence electrons. The summed E-state index contributed by atoms with van der Waals surface area (Å²) < 4.78 is 6.11. The third kappa shape index (κ3) is 5.28. The summed E-state index contributed by atoms with van der Waals surface area (Å²) in [6.45, 7) is 4.31. The first-order valence-corrected chi connectivity index (χ1v) is 11.2. The topological polar surface area (TPSA) is 62.1 Å². The molecule has 0 saturated carbocycles. The van der Waals surface area contributed by atoms with Crippen LogP contribution >= 0.6 is 11.6 Å². The van der Waals surface area contributed by atoms with Crippen LogP contribution in [0.1, 0.15) is 22.3 Å². The second-order valence-corrected chi connectivity index (χ2v) is 8.47. The molecule has 0 aromatic heterocycles. The minimum Gasteiger partial charge on any atom is -0.488 e. The highest BCUT2D eigenvalue weighted by Gasteiger charge is 2.14. The smallest absolute Gasteiger partial charge is 0.266 e. The minimum absolute atomic E-state index is 0.00840. The fourth-order valence-electron chi connectivity index (χ4n) is 3.60. The number of nitrogens with one attached hydrogen (secondary N) is 1. The summed E-state index contributed by atoms with van der Waals surface area (Å²) in [5.74, 6) is 0.114. The van der Waals surface area contributed by atoms with Crippen LogP contribution in [0.2, 0.25) is 5.02 Å². The Labute approximate surface area is 204 Å². The van der Waals surface area contributed by atoms with Gasteiger partial charge in [-0.15, -0.1) is 0 Å². The molecule has 4 aromatic carbocycles. The van der Waals surface area contributed by atoms with Gasteiger partial charge in [0.2, 0.25) is 0 Å². The van der Waals surface area contributed by atoms with Gasteiger partial charge in [-0.1, -0.05) is 60.1 Å². The van der Waals surface area contributed by atoms with Crippen molar-refractivity contribution < 1.29 is 9.53 Å². The van der Waals surface area contributed by atoms with Gasteiger partial charge in [-0.05, 0) is 77.7 Å². The Balaban J connectivity index is 1.69. The Morgan fingerprint density at radius 3 is 2.50 bits per heavy atom. The van der Waals surface area contributed by atoms with E-state index in [0.29, 0.717) is 28.6 Å². The fraction of sp³-hybridized carbons (Fsp3) is 0.103. The van der Waals surface area contributed by atoms with E-state index in [9.17, 15) is 10.1 Å². The van der Waals surface area contributed by atoms with Crippen LogP contribution in [0.25, 0.3) is 16.8 Å². The number of amides is 1. The predicted octanol–water partition coefficient (Wildman–Crippen LogP) is 7.23. The maximum absolute atomic E-state index is 12.9. The van der Waals surface area contributed by atoms with Gasteiger partial charge < -0.3 is 10.1 Å². The normalized spacial score (nSPS) is 11.2. The summed E-state index contributed by atoms with van der Waals surface area (Å²) in [6.07, 6.45) is 1.59. The molecule has 5 heteroatoms. The molecular formula is C29H23ClN2O2. The van der Waals surface area contributed by atoms with Crippen molar-refractivity contribution in [2.24, 2.45) is 0 Å². The first-order valence-electron chi connectivity index (χ1n) is 10.8. The molecule has 0 atom stereocenters. The lowest BCUT2D eigenvalue weighted by Crippen LogP contribution is -2.13. The average molecular weight is 467 g/mol. The van der Waals surface area contributed by atoms with Crippen LogP contribution in [-0.4, -0.2) is 5.91 Å². The Bertz CT molecular complexity index is 1430. The standard InChI is InChI=1S/C29H23ClN2O2/c1-19-7-13-25(15-20(19)2)32-29(33)23(17-31)16-27-26-6-4-3-5-22(26)10-14-28(27)34-18-21-8-11-24(30)12-9-21/h3-16H,18H2,1-2H3,(H,32,33)/b23-16+. The lowest BCUT2D eigenvalue weighted by atomic mass is 10.0. The van der Waals surface area contributed by atoms with E-state index in [-0.39, 0.29) is 5.57 Å². The van der Waals surface area contributed by atoms with Crippen LogP contribution in [-0.2, 0) is 11.4 Å². The Kier molecular flexibility index (Phi) is 6.96. The number of hydrogen-bond donors (Lipinski definition) is 1. The van der Waals surface area contributed by atoms with Crippen molar-refractivity contribution in [1.29, 1.82) is 5.26 Å². The Morgan fingerprint density at radius 1 is 1.00 bits per heavy atom. The summed E-state index contributed by atoms with van der Waals surface area (Å²) in [5, 5.41) is 15.2. The van der Waals surface area contributed by atoms with Gasteiger partial charge in [-0.3, -0.25) is 4.79 Å². The van der Waals surface area contributed by atoms with Gasteiger partial charge in [-0.2, -0.15) is 5.26 Å². The second-order valence-electron chi connectivity index (χ2n) is 8.04. The molecule has 0 fully saturated rings. The maximum Gasteiger partial charge on any atom is 0.266 e. The number of hydrogen-bond acceptors (Lipinski definition) is 3. The van der Waals surface area contributed by atoms with Crippen LogP contribution in [0.5, 0.6) is 5.75 Å². The summed E-state index contributed by atoms with van der Waals surface area (Å²) in [7, 11) is 0. The van der Waals surface area contributed by atoms with E-state index in [1.165, 1.54) is 0 Å². The van der Waals surface area contributed by atoms with Crippen molar-refractivity contribution in [1.82, 2.24) is 0 Å². The van der Waals surface area contributed by atoms with Crippen molar-refractivity contribution in [3.8, 4) is 11.8 Å². The number of benzene rings is 4. The van der Waals surface area contributed by atoms with Crippen molar-refractivity contribution in [3.05, 3.63) is 112 Å². The monoisotopic (exact) mass is 466 g/mol. The molecule has 0 spiro atoms. The molecule has 0 saturated heterocycles. The molecule has 1 amide bonds. The highest BCUT2D eigenvalue weighted by molar-refractivity contribution is 6.30. The molecule has 0 radical (unpaired) electrons. The number of halogens is 1. The Hall–Kier alpha value is -4.07. The van der Waals surface area contributed by atoms with Crippen LogP contribution in [0.3, 0.4) is 0 Å². The van der Waals surface area contributed by atoms with E-state index < -0.39 is 5.91 Å². The van der Waals surface area contributed by atoms with Gasteiger partial charge in [0.1, 0.15) is 24.0 Å². The van der Waals surface area contributed by atoms with Crippen molar-refractivity contribution in [3.63, 3.8) is 0 Å². The van der Waals surface area contributed by atoms with E-state index >= 15 is 0 Å². The molecule has 4 rings (SSSR count). The van der Waals surface area contributed by atoms with Crippen LogP contribution in [0.4, 0.5) is 5.69 Å². The Morgan fingerprint density at radius 2 is 1.76 bits per heavy atom. The predicted molar refractivity (Wildman–Crippen MR) is 138 cm³/mol. The number of carbonyl (C=O) groups is 1. The summed E-state index contributed by atoms with van der Waals surface area (Å²) in [5.41, 5.74) is 4.47. The van der Waals surface area contributed by atoms with E-state index in [4.69, 9.17) is 16.3 Å². The molecule has 4 nitrogen and oxygen atoms in total. The number of carbonyl (C=O) groups excluding carboxylic acids is 1. The van der Waals surface area contributed by atoms with Gasteiger partial charge in [0.25, 0.3) is 5.91 Å². The maximum atomic E-state index is 12.9. The average Bonchev–Trinajstić information content (AvgIpc) is 2.84. The van der Waals surface area contributed by atoms with Crippen molar-refractivity contribution in [2.75, 3.05) is 5.32 Å².